The Morgan fingerprint density at radius 1 is 1.50 bits per heavy atom. The van der Waals surface area contributed by atoms with E-state index >= 15 is 0 Å². The topological polar surface area (TPSA) is 60.2 Å². The van der Waals surface area contributed by atoms with E-state index in [1.54, 1.807) is 0 Å². The van der Waals surface area contributed by atoms with Gasteiger partial charge in [-0.1, -0.05) is 0 Å². The highest BCUT2D eigenvalue weighted by molar-refractivity contribution is 5.47. The van der Waals surface area contributed by atoms with Crippen molar-refractivity contribution in [2.45, 2.75) is 6.18 Å². The van der Waals surface area contributed by atoms with Gasteiger partial charge in [0.25, 0.3) is 0 Å². The molecule has 0 aliphatic rings. The third-order valence-electron chi connectivity index (χ3n) is 1.54. The van der Waals surface area contributed by atoms with Gasteiger partial charge in [-0.15, -0.1) is 0 Å². The SMILES string of the molecule is COc1cnc(NN)c(C(F)(F)F)c1. The zero-order valence-electron chi connectivity index (χ0n) is 7.22. The van der Waals surface area contributed by atoms with Crippen LogP contribution in [0.1, 0.15) is 5.56 Å². The van der Waals surface area contributed by atoms with Crippen LogP contribution in [0, 0.1) is 0 Å². The summed E-state index contributed by atoms with van der Waals surface area (Å²) in [5.74, 6) is 4.48. The average Bonchev–Trinajstić information content (AvgIpc) is 2.15. The molecule has 0 saturated heterocycles. The quantitative estimate of drug-likeness (QED) is 0.568. The van der Waals surface area contributed by atoms with Crippen LogP contribution in [-0.4, -0.2) is 12.1 Å². The molecule has 1 heterocycles. The highest BCUT2D eigenvalue weighted by atomic mass is 19.4. The molecule has 1 aromatic heterocycles. The first kappa shape index (κ1) is 10.6. The minimum absolute atomic E-state index is 0.0244. The summed E-state index contributed by atoms with van der Waals surface area (Å²) in [5.41, 5.74) is 0.908. The Kier molecular flexibility index (Phi) is 2.80. The smallest absolute Gasteiger partial charge is 0.420 e. The largest absolute Gasteiger partial charge is 0.495 e. The molecular weight excluding hydrogens is 199 g/mol. The molecule has 1 rings (SSSR count). The molecule has 0 spiro atoms. The Balaban J connectivity index is 3.22. The Morgan fingerprint density at radius 3 is 2.57 bits per heavy atom. The zero-order valence-corrected chi connectivity index (χ0v) is 7.22. The monoisotopic (exact) mass is 207 g/mol. The summed E-state index contributed by atoms with van der Waals surface area (Å²) < 4.78 is 41.7. The number of nitrogens with one attached hydrogen (secondary N) is 1. The van der Waals surface area contributed by atoms with Gasteiger partial charge in [-0.05, 0) is 6.07 Å². The van der Waals surface area contributed by atoms with Gasteiger partial charge < -0.3 is 10.2 Å². The summed E-state index contributed by atoms with van der Waals surface area (Å²) in [6.07, 6.45) is -3.37. The second-order valence-corrected chi connectivity index (χ2v) is 2.41. The number of nitrogens with two attached hydrogens (primary N) is 1. The van der Waals surface area contributed by atoms with Crippen LogP contribution in [0.25, 0.3) is 0 Å². The molecule has 0 aliphatic carbocycles. The van der Waals surface area contributed by atoms with Crippen LogP contribution < -0.4 is 16.0 Å². The van der Waals surface area contributed by atoms with Crippen molar-refractivity contribution in [2.24, 2.45) is 5.84 Å². The second kappa shape index (κ2) is 3.70. The minimum Gasteiger partial charge on any atom is -0.495 e. The molecule has 0 aliphatic heterocycles. The van der Waals surface area contributed by atoms with Gasteiger partial charge in [0, 0.05) is 0 Å². The maximum Gasteiger partial charge on any atom is 0.420 e. The minimum atomic E-state index is -4.51. The number of ether oxygens (including phenoxy) is 1. The lowest BCUT2D eigenvalue weighted by Crippen LogP contribution is -2.16. The zero-order chi connectivity index (χ0) is 10.8. The Morgan fingerprint density at radius 2 is 2.14 bits per heavy atom. The number of anilines is 1. The molecule has 0 fully saturated rings. The number of hydrazine groups is 1. The normalized spacial score (nSPS) is 11.2. The molecule has 14 heavy (non-hydrogen) atoms. The third kappa shape index (κ3) is 2.05. The fourth-order valence-corrected chi connectivity index (χ4v) is 0.888. The van der Waals surface area contributed by atoms with Crippen LogP contribution in [0.2, 0.25) is 0 Å². The lowest BCUT2D eigenvalue weighted by atomic mass is 10.2. The number of nitrogen functional groups attached to an aromatic ring is 1. The van der Waals surface area contributed by atoms with Crippen LogP contribution in [0.5, 0.6) is 5.75 Å². The molecule has 7 heteroatoms. The van der Waals surface area contributed by atoms with Crippen molar-refractivity contribution >= 4 is 5.82 Å². The fourth-order valence-electron chi connectivity index (χ4n) is 0.888. The summed E-state index contributed by atoms with van der Waals surface area (Å²) in [6, 6.07) is 0.822. The molecule has 0 aromatic carbocycles. The predicted molar refractivity (Wildman–Crippen MR) is 43.6 cm³/mol. The number of alkyl halides is 3. The van der Waals surface area contributed by atoms with E-state index in [2.05, 4.69) is 9.72 Å². The predicted octanol–water partition coefficient (Wildman–Crippen LogP) is 1.39. The van der Waals surface area contributed by atoms with Gasteiger partial charge in [0.2, 0.25) is 0 Å². The van der Waals surface area contributed by atoms with Crippen LogP contribution in [0.15, 0.2) is 12.3 Å². The van der Waals surface area contributed by atoms with E-state index in [1.807, 2.05) is 5.43 Å². The highest BCUT2D eigenvalue weighted by Gasteiger charge is 2.34. The van der Waals surface area contributed by atoms with Crippen LogP contribution in [0.4, 0.5) is 19.0 Å². The summed E-state index contributed by atoms with van der Waals surface area (Å²) >= 11 is 0. The Bertz CT molecular complexity index is 326. The van der Waals surface area contributed by atoms with Crippen molar-refractivity contribution in [1.82, 2.24) is 4.98 Å². The van der Waals surface area contributed by atoms with Crippen molar-refractivity contribution in [3.8, 4) is 5.75 Å². The third-order valence-corrected chi connectivity index (χ3v) is 1.54. The standard InChI is InChI=1S/C7H8F3N3O/c1-14-4-2-5(7(8,9)10)6(13-11)12-3-4/h2-3H,11H2,1H3,(H,12,13). The molecule has 0 saturated carbocycles. The maximum atomic E-state index is 12.4. The van der Waals surface area contributed by atoms with Gasteiger partial charge in [-0.3, -0.25) is 0 Å². The molecule has 0 unspecified atom stereocenters. The first-order chi connectivity index (χ1) is 6.49. The highest BCUT2D eigenvalue weighted by Crippen LogP contribution is 2.35. The molecule has 0 atom stereocenters. The fraction of sp³-hybridized carbons (Fsp3) is 0.286. The molecule has 3 N–H and O–H groups in total. The van der Waals surface area contributed by atoms with Gasteiger partial charge in [0.05, 0.1) is 13.3 Å². The maximum absolute atomic E-state index is 12.4. The first-order valence-electron chi connectivity index (χ1n) is 3.57. The van der Waals surface area contributed by atoms with Gasteiger partial charge >= 0.3 is 6.18 Å². The number of nitrogens with zero attached hydrogens (tertiary/aromatic N) is 1. The lowest BCUT2D eigenvalue weighted by molar-refractivity contribution is -0.137. The number of rotatable bonds is 2. The van der Waals surface area contributed by atoms with Gasteiger partial charge in [-0.25, -0.2) is 10.8 Å². The number of halogens is 3. The average molecular weight is 207 g/mol. The molecule has 0 bridgehead atoms. The summed E-state index contributed by atoms with van der Waals surface area (Å²) in [5, 5.41) is 0. The van der Waals surface area contributed by atoms with Crippen LogP contribution >= 0.6 is 0 Å². The molecule has 1 aromatic rings. The lowest BCUT2D eigenvalue weighted by Gasteiger charge is -2.12. The van der Waals surface area contributed by atoms with E-state index in [-0.39, 0.29) is 5.75 Å². The van der Waals surface area contributed by atoms with Gasteiger partial charge in [-0.2, -0.15) is 13.2 Å². The number of aromatic nitrogens is 1. The van der Waals surface area contributed by atoms with Crippen molar-refractivity contribution in [2.75, 3.05) is 12.5 Å². The molecule has 78 valence electrons. The van der Waals surface area contributed by atoms with E-state index in [0.29, 0.717) is 0 Å². The van der Waals surface area contributed by atoms with Crippen LogP contribution in [-0.2, 0) is 6.18 Å². The molecule has 0 amide bonds. The Labute approximate surface area is 77.9 Å². The van der Waals surface area contributed by atoms with Crippen molar-refractivity contribution in [1.29, 1.82) is 0 Å². The number of pyridine rings is 1. The summed E-state index contributed by atoms with van der Waals surface area (Å²) in [6.45, 7) is 0. The van der Waals surface area contributed by atoms with E-state index in [4.69, 9.17) is 5.84 Å². The van der Waals surface area contributed by atoms with Crippen molar-refractivity contribution in [3.05, 3.63) is 17.8 Å². The second-order valence-electron chi connectivity index (χ2n) is 2.41. The number of methoxy groups -OCH3 is 1. The molecule has 4 nitrogen and oxygen atoms in total. The van der Waals surface area contributed by atoms with Gasteiger partial charge in [0.1, 0.15) is 11.3 Å². The number of hydrogen-bond acceptors (Lipinski definition) is 4. The van der Waals surface area contributed by atoms with E-state index in [0.717, 1.165) is 12.3 Å². The summed E-state index contributed by atoms with van der Waals surface area (Å²) in [4.78, 5) is 3.45. The summed E-state index contributed by atoms with van der Waals surface area (Å²) in [7, 11) is 1.26. The van der Waals surface area contributed by atoms with E-state index in [1.165, 1.54) is 7.11 Å². The van der Waals surface area contributed by atoms with Gasteiger partial charge in [0.15, 0.2) is 5.82 Å². The first-order valence-corrected chi connectivity index (χ1v) is 3.57. The van der Waals surface area contributed by atoms with Crippen molar-refractivity contribution < 1.29 is 17.9 Å². The Hall–Kier alpha value is -1.50. The molecular formula is C7H8F3N3O. The molecule has 0 radical (unpaired) electrons. The number of hydrogen-bond donors (Lipinski definition) is 2. The van der Waals surface area contributed by atoms with Crippen LogP contribution in [0.3, 0.4) is 0 Å². The van der Waals surface area contributed by atoms with Crippen molar-refractivity contribution in [3.63, 3.8) is 0 Å². The van der Waals surface area contributed by atoms with E-state index < -0.39 is 17.6 Å². The van der Waals surface area contributed by atoms with E-state index in [9.17, 15) is 13.2 Å².